The smallest absolute Gasteiger partial charge is 0.416 e. The number of carbonyl (C=O) groups is 1. The van der Waals surface area contributed by atoms with Crippen LogP contribution in [0.25, 0.3) is 0 Å². The average molecular weight is 358 g/mol. The van der Waals surface area contributed by atoms with Gasteiger partial charge in [0.1, 0.15) is 6.10 Å². The molecule has 2 saturated heterocycles. The number of nitrogens with one attached hydrogen (secondary N) is 2. The third kappa shape index (κ3) is 3.87. The van der Waals surface area contributed by atoms with Crippen LogP contribution < -0.4 is 15.6 Å². The van der Waals surface area contributed by atoms with Crippen LogP contribution in [0.15, 0.2) is 18.3 Å². The number of alkyl halides is 3. The largest absolute Gasteiger partial charge is 0.472 e. The Morgan fingerprint density at radius 1 is 1.32 bits per heavy atom. The van der Waals surface area contributed by atoms with Crippen LogP contribution in [0.4, 0.5) is 13.2 Å². The van der Waals surface area contributed by atoms with Crippen molar-refractivity contribution >= 4 is 5.91 Å². The molecular formula is C16H21F3N4O2. The second-order valence-corrected chi connectivity index (χ2v) is 6.59. The van der Waals surface area contributed by atoms with Gasteiger partial charge < -0.3 is 9.64 Å². The lowest BCUT2D eigenvalue weighted by molar-refractivity contribution is -0.137. The molecule has 0 bridgehead atoms. The van der Waals surface area contributed by atoms with Gasteiger partial charge in [0.15, 0.2) is 0 Å². The summed E-state index contributed by atoms with van der Waals surface area (Å²) in [6.07, 6.45) is -3.14. The zero-order chi connectivity index (χ0) is 18.2. The van der Waals surface area contributed by atoms with Crippen molar-refractivity contribution in [2.75, 3.05) is 13.1 Å². The molecule has 2 fully saturated rings. The van der Waals surface area contributed by atoms with Crippen LogP contribution in [0.1, 0.15) is 25.8 Å². The van der Waals surface area contributed by atoms with Gasteiger partial charge in [0, 0.05) is 37.3 Å². The minimum absolute atomic E-state index is 0.0209. The first-order valence-corrected chi connectivity index (χ1v) is 8.25. The van der Waals surface area contributed by atoms with E-state index in [0.29, 0.717) is 19.5 Å². The Labute approximate surface area is 143 Å². The van der Waals surface area contributed by atoms with Gasteiger partial charge in [0.25, 0.3) is 0 Å². The highest BCUT2D eigenvalue weighted by molar-refractivity contribution is 5.81. The molecule has 0 radical (unpaired) electrons. The van der Waals surface area contributed by atoms with Gasteiger partial charge >= 0.3 is 6.18 Å². The number of hydrogen-bond acceptors (Lipinski definition) is 5. The van der Waals surface area contributed by atoms with Gasteiger partial charge in [-0.3, -0.25) is 15.6 Å². The monoisotopic (exact) mass is 358 g/mol. The van der Waals surface area contributed by atoms with Crippen molar-refractivity contribution in [2.24, 2.45) is 5.92 Å². The van der Waals surface area contributed by atoms with Gasteiger partial charge in [-0.25, -0.2) is 4.98 Å². The Bertz CT molecular complexity index is 630. The molecule has 2 N–H and O–H groups in total. The predicted octanol–water partition coefficient (Wildman–Crippen LogP) is 1.58. The maximum Gasteiger partial charge on any atom is 0.416 e. The van der Waals surface area contributed by atoms with E-state index in [4.69, 9.17) is 4.74 Å². The summed E-state index contributed by atoms with van der Waals surface area (Å²) in [7, 11) is 0. The van der Waals surface area contributed by atoms with Crippen LogP contribution in [-0.4, -0.2) is 47.1 Å². The van der Waals surface area contributed by atoms with Crippen LogP contribution in [-0.2, 0) is 11.0 Å². The third-order valence-corrected chi connectivity index (χ3v) is 4.71. The van der Waals surface area contributed by atoms with E-state index in [0.717, 1.165) is 18.3 Å². The molecule has 6 nitrogen and oxygen atoms in total. The van der Waals surface area contributed by atoms with E-state index in [1.54, 1.807) is 4.90 Å². The second-order valence-electron chi connectivity index (χ2n) is 6.59. The van der Waals surface area contributed by atoms with Crippen molar-refractivity contribution in [3.05, 3.63) is 23.9 Å². The fourth-order valence-corrected chi connectivity index (χ4v) is 3.36. The number of rotatable bonds is 3. The number of likely N-dealkylation sites (tertiary alicyclic amines) is 1. The number of pyridine rings is 1. The van der Waals surface area contributed by atoms with Crippen LogP contribution in [0.5, 0.6) is 5.88 Å². The zero-order valence-electron chi connectivity index (χ0n) is 14.0. The molecule has 0 saturated carbocycles. The number of carbonyl (C=O) groups excluding carboxylic acids is 1. The van der Waals surface area contributed by atoms with E-state index in [1.807, 2.05) is 13.8 Å². The molecule has 0 aromatic carbocycles. The standard InChI is InChI=1S/C16H21F3N4O2/c1-9-14(10(2)22-21-9)15(24)23-6-4-12(8-23)25-13-7-11(3-5-20-13)16(17,18)19/h3,5,7,9-10,12,14,21-22H,4,6,8H2,1-2H3. The quantitative estimate of drug-likeness (QED) is 0.859. The lowest BCUT2D eigenvalue weighted by Gasteiger charge is -2.24. The molecule has 1 aromatic heterocycles. The van der Waals surface area contributed by atoms with E-state index >= 15 is 0 Å². The van der Waals surface area contributed by atoms with E-state index in [-0.39, 0.29) is 35.9 Å². The molecule has 138 valence electrons. The fourth-order valence-electron chi connectivity index (χ4n) is 3.36. The summed E-state index contributed by atoms with van der Waals surface area (Å²) in [6, 6.07) is 1.83. The van der Waals surface area contributed by atoms with Crippen LogP contribution in [0.3, 0.4) is 0 Å². The highest BCUT2D eigenvalue weighted by atomic mass is 19.4. The molecule has 1 amide bonds. The summed E-state index contributed by atoms with van der Waals surface area (Å²) in [6.45, 7) is 4.76. The van der Waals surface area contributed by atoms with E-state index in [2.05, 4.69) is 15.8 Å². The Balaban J connectivity index is 1.61. The molecule has 25 heavy (non-hydrogen) atoms. The maximum atomic E-state index is 12.7. The number of nitrogens with zero attached hydrogens (tertiary/aromatic N) is 2. The molecule has 3 rings (SSSR count). The van der Waals surface area contributed by atoms with Crippen molar-refractivity contribution in [1.29, 1.82) is 0 Å². The third-order valence-electron chi connectivity index (χ3n) is 4.71. The number of aromatic nitrogens is 1. The number of amides is 1. The van der Waals surface area contributed by atoms with Crippen LogP contribution in [0, 0.1) is 5.92 Å². The van der Waals surface area contributed by atoms with E-state index < -0.39 is 11.7 Å². The first-order chi connectivity index (χ1) is 11.8. The van der Waals surface area contributed by atoms with Crippen molar-refractivity contribution in [3.63, 3.8) is 0 Å². The van der Waals surface area contributed by atoms with Crippen LogP contribution in [0.2, 0.25) is 0 Å². The first-order valence-electron chi connectivity index (χ1n) is 8.25. The minimum atomic E-state index is -4.44. The number of hydrogen-bond donors (Lipinski definition) is 2. The van der Waals surface area contributed by atoms with Gasteiger partial charge in [-0.05, 0) is 19.9 Å². The SMILES string of the molecule is CC1NNC(C)C1C(=O)N1CCC(Oc2cc(C(F)(F)F)ccn2)C1. The van der Waals surface area contributed by atoms with Crippen molar-refractivity contribution in [3.8, 4) is 5.88 Å². The highest BCUT2D eigenvalue weighted by Crippen LogP contribution is 2.31. The Hall–Kier alpha value is -1.87. The van der Waals surface area contributed by atoms with Crippen LogP contribution >= 0.6 is 0 Å². The molecule has 2 aliphatic heterocycles. The lowest BCUT2D eigenvalue weighted by Crippen LogP contribution is -2.42. The van der Waals surface area contributed by atoms with Gasteiger partial charge in [-0.15, -0.1) is 0 Å². The zero-order valence-corrected chi connectivity index (χ0v) is 14.0. The van der Waals surface area contributed by atoms with E-state index in [1.165, 1.54) is 0 Å². The molecule has 3 heterocycles. The Morgan fingerprint density at radius 2 is 2.00 bits per heavy atom. The molecule has 0 spiro atoms. The van der Waals surface area contributed by atoms with Crippen molar-refractivity contribution in [2.45, 2.75) is 44.6 Å². The molecule has 0 aliphatic carbocycles. The predicted molar refractivity (Wildman–Crippen MR) is 83.5 cm³/mol. The first kappa shape index (κ1) is 17.9. The number of ether oxygens (including phenoxy) is 1. The average Bonchev–Trinajstić information content (AvgIpc) is 3.13. The number of hydrazine groups is 1. The van der Waals surface area contributed by atoms with Gasteiger partial charge in [-0.1, -0.05) is 0 Å². The van der Waals surface area contributed by atoms with Gasteiger partial charge in [-0.2, -0.15) is 13.2 Å². The Kier molecular flexibility index (Phi) is 4.88. The van der Waals surface area contributed by atoms with Gasteiger partial charge in [0.2, 0.25) is 11.8 Å². The van der Waals surface area contributed by atoms with Crippen molar-refractivity contribution in [1.82, 2.24) is 20.7 Å². The molecule has 3 atom stereocenters. The Morgan fingerprint density at radius 3 is 2.64 bits per heavy atom. The normalized spacial score (nSPS) is 29.9. The number of halogens is 3. The summed E-state index contributed by atoms with van der Waals surface area (Å²) >= 11 is 0. The maximum absolute atomic E-state index is 12.7. The minimum Gasteiger partial charge on any atom is -0.472 e. The topological polar surface area (TPSA) is 66.5 Å². The summed E-state index contributed by atoms with van der Waals surface area (Å²) < 4.78 is 43.8. The molecule has 3 unspecified atom stereocenters. The molecule has 9 heteroatoms. The van der Waals surface area contributed by atoms with E-state index in [9.17, 15) is 18.0 Å². The summed E-state index contributed by atoms with van der Waals surface area (Å²) in [4.78, 5) is 18.2. The molecule has 1 aromatic rings. The second kappa shape index (κ2) is 6.80. The lowest BCUT2D eigenvalue weighted by atomic mass is 9.95. The highest BCUT2D eigenvalue weighted by Gasteiger charge is 2.40. The molecule has 2 aliphatic rings. The fraction of sp³-hybridized carbons (Fsp3) is 0.625. The van der Waals surface area contributed by atoms with Crippen molar-refractivity contribution < 1.29 is 22.7 Å². The summed E-state index contributed by atoms with van der Waals surface area (Å²) in [5.41, 5.74) is 5.30. The summed E-state index contributed by atoms with van der Waals surface area (Å²) in [5, 5.41) is 0. The summed E-state index contributed by atoms with van der Waals surface area (Å²) in [5.74, 6) is -0.217. The molecular weight excluding hydrogens is 337 g/mol. The van der Waals surface area contributed by atoms with Gasteiger partial charge in [0.05, 0.1) is 18.0 Å².